The SMILES string of the molecule is CCn1c(N)c(NC2CCCCCC2C)c(=O)[nH]c1=O. The second-order valence-electron chi connectivity index (χ2n) is 5.63. The Kier molecular flexibility index (Phi) is 4.52. The maximum Gasteiger partial charge on any atom is 0.330 e. The van der Waals surface area contributed by atoms with Gasteiger partial charge in [-0.1, -0.05) is 26.2 Å². The summed E-state index contributed by atoms with van der Waals surface area (Å²) in [7, 11) is 0. The molecule has 0 aliphatic heterocycles. The number of hydrogen-bond acceptors (Lipinski definition) is 4. The fourth-order valence-corrected chi connectivity index (χ4v) is 2.93. The molecule has 2 rings (SSSR count). The molecule has 2 atom stereocenters. The fourth-order valence-electron chi connectivity index (χ4n) is 2.93. The van der Waals surface area contributed by atoms with E-state index in [-0.39, 0.29) is 11.9 Å². The van der Waals surface area contributed by atoms with Crippen LogP contribution in [0.5, 0.6) is 0 Å². The van der Waals surface area contributed by atoms with E-state index in [0.29, 0.717) is 18.2 Å². The molecule has 0 amide bonds. The van der Waals surface area contributed by atoms with Crippen molar-refractivity contribution in [3.63, 3.8) is 0 Å². The van der Waals surface area contributed by atoms with Gasteiger partial charge < -0.3 is 11.1 Å². The van der Waals surface area contributed by atoms with Gasteiger partial charge in [-0.3, -0.25) is 14.3 Å². The topological polar surface area (TPSA) is 92.9 Å². The molecule has 0 aromatic carbocycles. The quantitative estimate of drug-likeness (QED) is 0.732. The Bertz CT molecular complexity index is 576. The summed E-state index contributed by atoms with van der Waals surface area (Å²) in [5.74, 6) is 0.732. The average Bonchev–Trinajstić information content (AvgIpc) is 2.60. The van der Waals surface area contributed by atoms with Crippen LogP contribution in [0.1, 0.15) is 46.0 Å². The van der Waals surface area contributed by atoms with Crippen LogP contribution in [0.25, 0.3) is 0 Å². The number of rotatable bonds is 3. The Balaban J connectivity index is 2.33. The van der Waals surface area contributed by atoms with Gasteiger partial charge in [-0.25, -0.2) is 4.79 Å². The lowest BCUT2D eigenvalue weighted by molar-refractivity contribution is 0.456. The first-order valence-corrected chi connectivity index (χ1v) is 7.43. The minimum absolute atomic E-state index is 0.234. The van der Waals surface area contributed by atoms with Crippen molar-refractivity contribution in [2.75, 3.05) is 11.1 Å². The highest BCUT2D eigenvalue weighted by atomic mass is 16.2. The van der Waals surface area contributed by atoms with Crippen molar-refractivity contribution in [1.29, 1.82) is 0 Å². The first-order chi connectivity index (χ1) is 9.54. The largest absolute Gasteiger partial charge is 0.383 e. The van der Waals surface area contributed by atoms with E-state index >= 15 is 0 Å². The predicted molar refractivity (Wildman–Crippen MR) is 81.1 cm³/mol. The van der Waals surface area contributed by atoms with Crippen LogP contribution in [-0.2, 0) is 6.54 Å². The molecule has 1 aliphatic carbocycles. The predicted octanol–water partition coefficient (Wildman–Crippen LogP) is 1.52. The Morgan fingerprint density at radius 1 is 1.30 bits per heavy atom. The third-order valence-electron chi connectivity index (χ3n) is 4.25. The summed E-state index contributed by atoms with van der Waals surface area (Å²) in [6.07, 6.45) is 5.82. The van der Waals surface area contributed by atoms with E-state index in [1.807, 2.05) is 6.92 Å². The number of nitrogens with zero attached hydrogens (tertiary/aromatic N) is 1. The number of H-pyrrole nitrogens is 1. The van der Waals surface area contributed by atoms with Crippen LogP contribution in [0.15, 0.2) is 9.59 Å². The molecule has 2 unspecified atom stereocenters. The molecular formula is C14H24N4O2. The van der Waals surface area contributed by atoms with Crippen LogP contribution >= 0.6 is 0 Å². The van der Waals surface area contributed by atoms with Crippen LogP contribution in [0.2, 0.25) is 0 Å². The summed E-state index contributed by atoms with van der Waals surface area (Å²) >= 11 is 0. The lowest BCUT2D eigenvalue weighted by Crippen LogP contribution is -2.37. The van der Waals surface area contributed by atoms with Gasteiger partial charge in [0.05, 0.1) is 0 Å². The maximum absolute atomic E-state index is 12.0. The highest BCUT2D eigenvalue weighted by Crippen LogP contribution is 2.26. The molecule has 6 heteroatoms. The number of nitrogens with one attached hydrogen (secondary N) is 2. The molecule has 4 N–H and O–H groups in total. The third-order valence-corrected chi connectivity index (χ3v) is 4.25. The molecule has 0 radical (unpaired) electrons. The molecule has 1 aromatic rings. The molecule has 1 aromatic heterocycles. The first kappa shape index (κ1) is 14.7. The zero-order valence-electron chi connectivity index (χ0n) is 12.2. The van der Waals surface area contributed by atoms with Crippen LogP contribution in [0.4, 0.5) is 11.5 Å². The Labute approximate surface area is 118 Å². The summed E-state index contributed by atoms with van der Waals surface area (Å²) in [5.41, 5.74) is 5.44. The molecule has 112 valence electrons. The number of aromatic amines is 1. The van der Waals surface area contributed by atoms with Crippen molar-refractivity contribution in [2.24, 2.45) is 5.92 Å². The smallest absolute Gasteiger partial charge is 0.330 e. The Morgan fingerprint density at radius 3 is 2.70 bits per heavy atom. The van der Waals surface area contributed by atoms with Crippen LogP contribution in [-0.4, -0.2) is 15.6 Å². The molecule has 6 nitrogen and oxygen atoms in total. The van der Waals surface area contributed by atoms with Gasteiger partial charge in [0.25, 0.3) is 5.56 Å². The monoisotopic (exact) mass is 280 g/mol. The summed E-state index contributed by atoms with van der Waals surface area (Å²) in [6, 6.07) is 0.240. The van der Waals surface area contributed by atoms with Crippen LogP contribution in [0, 0.1) is 5.92 Å². The molecule has 1 aliphatic rings. The number of anilines is 2. The normalized spacial score (nSPS) is 23.3. The molecule has 0 saturated heterocycles. The maximum atomic E-state index is 12.0. The Hall–Kier alpha value is -1.72. The second-order valence-corrected chi connectivity index (χ2v) is 5.63. The first-order valence-electron chi connectivity index (χ1n) is 7.43. The third kappa shape index (κ3) is 2.89. The summed E-state index contributed by atoms with van der Waals surface area (Å²) in [6.45, 7) is 4.47. The van der Waals surface area contributed by atoms with E-state index in [1.165, 1.54) is 17.4 Å². The minimum atomic E-state index is -0.450. The van der Waals surface area contributed by atoms with E-state index < -0.39 is 11.2 Å². The molecule has 1 saturated carbocycles. The van der Waals surface area contributed by atoms with Crippen molar-refractivity contribution in [3.8, 4) is 0 Å². The van der Waals surface area contributed by atoms with Gasteiger partial charge in [0.1, 0.15) is 11.5 Å². The van der Waals surface area contributed by atoms with Gasteiger partial charge in [-0.15, -0.1) is 0 Å². The van der Waals surface area contributed by atoms with E-state index in [9.17, 15) is 9.59 Å². The average molecular weight is 280 g/mol. The highest BCUT2D eigenvalue weighted by molar-refractivity contribution is 5.60. The van der Waals surface area contributed by atoms with Crippen molar-refractivity contribution in [3.05, 3.63) is 20.8 Å². The number of nitrogens with two attached hydrogens (primary N) is 1. The van der Waals surface area contributed by atoms with E-state index in [2.05, 4.69) is 17.2 Å². The summed E-state index contributed by atoms with van der Waals surface area (Å²) < 4.78 is 1.38. The van der Waals surface area contributed by atoms with Gasteiger partial charge in [-0.05, 0) is 25.7 Å². The van der Waals surface area contributed by atoms with Crippen molar-refractivity contribution < 1.29 is 0 Å². The number of nitrogen functional groups attached to an aromatic ring is 1. The van der Waals surface area contributed by atoms with Crippen LogP contribution in [0.3, 0.4) is 0 Å². The van der Waals surface area contributed by atoms with E-state index in [1.54, 1.807) is 0 Å². The summed E-state index contributed by atoms with van der Waals surface area (Å²) in [4.78, 5) is 26.0. The van der Waals surface area contributed by atoms with Gasteiger partial charge in [0.2, 0.25) is 0 Å². The molecule has 0 spiro atoms. The zero-order valence-corrected chi connectivity index (χ0v) is 12.2. The molecule has 0 bridgehead atoms. The lowest BCUT2D eigenvalue weighted by Gasteiger charge is -2.24. The standard InChI is InChI=1S/C14H24N4O2/c1-3-18-12(15)11(13(19)17-14(18)20)16-10-8-6-4-5-7-9(10)2/h9-10,16H,3-8,15H2,1-2H3,(H,17,19,20). The lowest BCUT2D eigenvalue weighted by atomic mass is 9.97. The van der Waals surface area contributed by atoms with Gasteiger partial charge >= 0.3 is 5.69 Å². The Morgan fingerprint density at radius 2 is 2.00 bits per heavy atom. The van der Waals surface area contributed by atoms with Gasteiger partial charge in [0, 0.05) is 12.6 Å². The summed E-state index contributed by atoms with van der Waals surface area (Å²) in [5, 5.41) is 3.28. The molecule has 20 heavy (non-hydrogen) atoms. The van der Waals surface area contributed by atoms with Gasteiger partial charge in [-0.2, -0.15) is 0 Å². The minimum Gasteiger partial charge on any atom is -0.383 e. The second kappa shape index (κ2) is 6.15. The fraction of sp³-hybridized carbons (Fsp3) is 0.714. The number of aromatic nitrogens is 2. The van der Waals surface area contributed by atoms with E-state index in [0.717, 1.165) is 19.3 Å². The van der Waals surface area contributed by atoms with Gasteiger partial charge in [0.15, 0.2) is 0 Å². The molecule has 1 fully saturated rings. The van der Waals surface area contributed by atoms with E-state index in [4.69, 9.17) is 5.73 Å². The van der Waals surface area contributed by atoms with Crippen molar-refractivity contribution in [1.82, 2.24) is 9.55 Å². The van der Waals surface area contributed by atoms with Crippen molar-refractivity contribution >= 4 is 11.5 Å². The van der Waals surface area contributed by atoms with Crippen LogP contribution < -0.4 is 22.3 Å². The highest BCUT2D eigenvalue weighted by Gasteiger charge is 2.22. The van der Waals surface area contributed by atoms with Crippen molar-refractivity contribution in [2.45, 2.75) is 58.5 Å². The molecular weight excluding hydrogens is 256 g/mol. The number of hydrogen-bond donors (Lipinski definition) is 3. The zero-order chi connectivity index (χ0) is 14.7. The molecule has 1 heterocycles.